The van der Waals surface area contributed by atoms with Gasteiger partial charge in [-0.25, -0.2) is 4.98 Å². The van der Waals surface area contributed by atoms with Gasteiger partial charge in [0.2, 0.25) is 0 Å². The van der Waals surface area contributed by atoms with Crippen LogP contribution in [0.3, 0.4) is 0 Å². The molecule has 2 aromatic heterocycles. The second kappa shape index (κ2) is 4.39. The molecule has 21 heavy (non-hydrogen) atoms. The molecule has 5 nitrogen and oxygen atoms in total. The third-order valence-corrected chi connectivity index (χ3v) is 4.25. The zero-order valence-corrected chi connectivity index (χ0v) is 11.6. The third kappa shape index (κ3) is 1.80. The van der Waals surface area contributed by atoms with E-state index in [2.05, 4.69) is 9.38 Å². The van der Waals surface area contributed by atoms with Crippen LogP contribution in [0, 0.1) is 10.1 Å². The number of nitro groups is 1. The van der Waals surface area contributed by atoms with E-state index in [1.165, 1.54) is 12.1 Å². The smallest absolute Gasteiger partial charge is 0.269 e. The number of imidazole rings is 1. The van der Waals surface area contributed by atoms with Crippen LogP contribution in [0.15, 0.2) is 53.9 Å². The highest BCUT2D eigenvalue weighted by molar-refractivity contribution is 7.15. The summed E-state index contributed by atoms with van der Waals surface area (Å²) in [7, 11) is 0. The van der Waals surface area contributed by atoms with Gasteiger partial charge in [-0.3, -0.25) is 14.5 Å². The summed E-state index contributed by atoms with van der Waals surface area (Å²) < 4.78 is 2.08. The molecule has 0 aliphatic rings. The Labute approximate surface area is 123 Å². The van der Waals surface area contributed by atoms with Gasteiger partial charge in [-0.1, -0.05) is 12.1 Å². The Bertz CT molecular complexity index is 970. The largest absolute Gasteiger partial charge is 0.283 e. The minimum absolute atomic E-state index is 0.0979. The fourth-order valence-corrected chi connectivity index (χ4v) is 3.34. The number of fused-ring (bicyclic) bond motifs is 3. The van der Waals surface area contributed by atoms with Gasteiger partial charge in [-0.05, 0) is 29.8 Å². The Morgan fingerprint density at radius 3 is 2.62 bits per heavy atom. The number of benzene rings is 2. The van der Waals surface area contributed by atoms with Crippen molar-refractivity contribution in [1.29, 1.82) is 0 Å². The van der Waals surface area contributed by atoms with E-state index in [-0.39, 0.29) is 10.6 Å². The summed E-state index contributed by atoms with van der Waals surface area (Å²) in [5, 5.41) is 12.8. The van der Waals surface area contributed by atoms with Gasteiger partial charge in [0.15, 0.2) is 4.96 Å². The fraction of sp³-hybridized carbons (Fsp3) is 0. The van der Waals surface area contributed by atoms with Crippen molar-refractivity contribution in [2.24, 2.45) is 0 Å². The zero-order valence-electron chi connectivity index (χ0n) is 10.8. The standard InChI is InChI=1S/C15H9N3O2S/c19-18(20)11-7-5-10(6-8-11)14-9-21-15-16-12-3-1-2-4-13(12)17(14)15/h1-9H. The minimum atomic E-state index is -0.389. The van der Waals surface area contributed by atoms with Crippen LogP contribution in [0.5, 0.6) is 0 Å². The van der Waals surface area contributed by atoms with E-state index in [1.54, 1.807) is 23.5 Å². The molecular formula is C15H9N3O2S. The highest BCUT2D eigenvalue weighted by Gasteiger charge is 2.12. The summed E-state index contributed by atoms with van der Waals surface area (Å²) in [6.45, 7) is 0. The molecule has 0 saturated heterocycles. The van der Waals surface area contributed by atoms with E-state index >= 15 is 0 Å². The summed E-state index contributed by atoms with van der Waals surface area (Å²) in [4.78, 5) is 15.8. The zero-order chi connectivity index (χ0) is 14.4. The molecule has 4 rings (SSSR count). The topological polar surface area (TPSA) is 60.4 Å². The van der Waals surface area contributed by atoms with Gasteiger partial charge in [0.05, 0.1) is 21.7 Å². The SMILES string of the molecule is O=[N+]([O-])c1ccc(-c2csc3nc4ccccc4n23)cc1. The first-order valence-electron chi connectivity index (χ1n) is 6.33. The maximum Gasteiger partial charge on any atom is 0.269 e. The van der Waals surface area contributed by atoms with E-state index in [0.29, 0.717) is 0 Å². The number of non-ortho nitro benzene ring substituents is 1. The van der Waals surface area contributed by atoms with Crippen molar-refractivity contribution in [2.45, 2.75) is 0 Å². The number of hydrogen-bond acceptors (Lipinski definition) is 4. The summed E-state index contributed by atoms with van der Waals surface area (Å²) >= 11 is 1.56. The number of nitrogens with zero attached hydrogens (tertiary/aromatic N) is 3. The summed E-state index contributed by atoms with van der Waals surface area (Å²) in [5.74, 6) is 0. The maximum absolute atomic E-state index is 10.7. The Morgan fingerprint density at radius 2 is 1.86 bits per heavy atom. The summed E-state index contributed by atoms with van der Waals surface area (Å²) in [5.41, 5.74) is 4.03. The van der Waals surface area contributed by atoms with Crippen molar-refractivity contribution in [1.82, 2.24) is 9.38 Å². The Morgan fingerprint density at radius 1 is 1.10 bits per heavy atom. The maximum atomic E-state index is 10.7. The Kier molecular flexibility index (Phi) is 2.52. The van der Waals surface area contributed by atoms with Crippen LogP contribution >= 0.6 is 11.3 Å². The van der Waals surface area contributed by atoms with Gasteiger partial charge in [-0.2, -0.15) is 0 Å². The molecule has 0 spiro atoms. The lowest BCUT2D eigenvalue weighted by molar-refractivity contribution is -0.384. The molecule has 102 valence electrons. The van der Waals surface area contributed by atoms with E-state index < -0.39 is 0 Å². The van der Waals surface area contributed by atoms with Gasteiger partial charge in [-0.15, -0.1) is 11.3 Å². The molecule has 0 aliphatic carbocycles. The monoisotopic (exact) mass is 295 g/mol. The van der Waals surface area contributed by atoms with E-state index in [9.17, 15) is 10.1 Å². The van der Waals surface area contributed by atoms with Crippen LogP contribution < -0.4 is 0 Å². The lowest BCUT2D eigenvalue weighted by atomic mass is 10.1. The highest BCUT2D eigenvalue weighted by Crippen LogP contribution is 2.30. The average molecular weight is 295 g/mol. The molecule has 0 radical (unpaired) electrons. The van der Waals surface area contributed by atoms with Crippen LogP contribution in [0.25, 0.3) is 27.3 Å². The van der Waals surface area contributed by atoms with Crippen molar-refractivity contribution in [3.8, 4) is 11.3 Å². The first-order chi connectivity index (χ1) is 10.2. The number of para-hydroxylation sites is 2. The highest BCUT2D eigenvalue weighted by atomic mass is 32.1. The van der Waals surface area contributed by atoms with E-state index in [1.807, 2.05) is 29.6 Å². The van der Waals surface area contributed by atoms with Gasteiger partial charge < -0.3 is 0 Å². The lowest BCUT2D eigenvalue weighted by Gasteiger charge is -2.01. The van der Waals surface area contributed by atoms with Crippen LogP contribution in [0.1, 0.15) is 0 Å². The Balaban J connectivity index is 1.95. The predicted molar refractivity (Wildman–Crippen MR) is 82.7 cm³/mol. The number of nitro benzene ring substituents is 1. The Hall–Kier alpha value is -2.73. The molecular weight excluding hydrogens is 286 g/mol. The molecule has 0 atom stereocenters. The van der Waals surface area contributed by atoms with Crippen molar-refractivity contribution in [3.05, 3.63) is 64.0 Å². The molecule has 0 saturated carbocycles. The van der Waals surface area contributed by atoms with Crippen LogP contribution in [-0.4, -0.2) is 14.3 Å². The van der Waals surface area contributed by atoms with Gasteiger partial charge in [0.1, 0.15) is 0 Å². The quantitative estimate of drug-likeness (QED) is 0.413. The number of hydrogen-bond donors (Lipinski definition) is 0. The predicted octanol–water partition coefficient (Wildman–Crippen LogP) is 4.12. The second-order valence-electron chi connectivity index (χ2n) is 4.64. The van der Waals surface area contributed by atoms with Gasteiger partial charge in [0, 0.05) is 17.5 Å². The third-order valence-electron chi connectivity index (χ3n) is 3.42. The molecule has 0 fully saturated rings. The molecule has 2 heterocycles. The van der Waals surface area contributed by atoms with Crippen LogP contribution in [-0.2, 0) is 0 Å². The van der Waals surface area contributed by atoms with Crippen LogP contribution in [0.4, 0.5) is 5.69 Å². The average Bonchev–Trinajstić information content (AvgIpc) is 3.06. The fourth-order valence-electron chi connectivity index (χ4n) is 2.43. The van der Waals surface area contributed by atoms with Gasteiger partial charge in [0.25, 0.3) is 5.69 Å². The second-order valence-corrected chi connectivity index (χ2v) is 5.48. The summed E-state index contributed by atoms with van der Waals surface area (Å²) in [6, 6.07) is 14.5. The van der Waals surface area contributed by atoms with Crippen molar-refractivity contribution < 1.29 is 4.92 Å². The molecule has 0 aliphatic heterocycles. The van der Waals surface area contributed by atoms with E-state index in [0.717, 1.165) is 27.3 Å². The van der Waals surface area contributed by atoms with Crippen molar-refractivity contribution in [3.63, 3.8) is 0 Å². The van der Waals surface area contributed by atoms with Crippen molar-refractivity contribution >= 4 is 33.0 Å². The van der Waals surface area contributed by atoms with E-state index in [4.69, 9.17) is 0 Å². The number of rotatable bonds is 2. The van der Waals surface area contributed by atoms with Crippen LogP contribution in [0.2, 0.25) is 0 Å². The minimum Gasteiger partial charge on any atom is -0.283 e. The molecule has 4 aromatic rings. The molecule has 2 aromatic carbocycles. The normalized spacial score (nSPS) is 11.2. The molecule has 0 bridgehead atoms. The number of thiazole rings is 1. The molecule has 0 unspecified atom stereocenters. The van der Waals surface area contributed by atoms with Gasteiger partial charge >= 0.3 is 0 Å². The first-order valence-corrected chi connectivity index (χ1v) is 7.21. The molecule has 0 N–H and O–H groups in total. The molecule has 0 amide bonds. The lowest BCUT2D eigenvalue weighted by Crippen LogP contribution is -1.89. The summed E-state index contributed by atoms with van der Waals surface area (Å²) in [6.07, 6.45) is 0. The van der Waals surface area contributed by atoms with Crippen molar-refractivity contribution in [2.75, 3.05) is 0 Å². The molecule has 6 heteroatoms. The number of aromatic nitrogens is 2. The first kappa shape index (κ1) is 12.0.